The Morgan fingerprint density at radius 1 is 1.53 bits per heavy atom. The van der Waals surface area contributed by atoms with Crippen LogP contribution in [0, 0.1) is 0 Å². The third kappa shape index (κ3) is 2.54. The lowest BCUT2D eigenvalue weighted by Crippen LogP contribution is -2.39. The van der Waals surface area contributed by atoms with Gasteiger partial charge in [0.05, 0.1) is 22.8 Å². The summed E-state index contributed by atoms with van der Waals surface area (Å²) in [6.45, 7) is 0. The van der Waals surface area contributed by atoms with Crippen LogP contribution in [0.25, 0.3) is 4.96 Å². The molecule has 2 aromatic rings. The van der Waals surface area contributed by atoms with Crippen LogP contribution >= 0.6 is 11.3 Å². The Bertz CT molecular complexity index is 646. The van der Waals surface area contributed by atoms with Gasteiger partial charge in [-0.1, -0.05) is 6.42 Å². The zero-order valence-electron chi connectivity index (χ0n) is 10.4. The van der Waals surface area contributed by atoms with Crippen molar-refractivity contribution in [2.24, 2.45) is 0 Å². The first-order chi connectivity index (χ1) is 9.06. The van der Waals surface area contributed by atoms with Gasteiger partial charge in [-0.05, 0) is 12.8 Å². The molecule has 0 bridgehead atoms. The van der Waals surface area contributed by atoms with Gasteiger partial charge in [-0.25, -0.2) is 13.4 Å². The smallest absolute Gasteiger partial charge is 0.193 e. The van der Waals surface area contributed by atoms with Gasteiger partial charge in [0.15, 0.2) is 14.8 Å². The maximum absolute atomic E-state index is 12.0. The molecule has 1 aliphatic rings. The molecule has 5 nitrogen and oxygen atoms in total. The number of hydrogen-bond acceptors (Lipinski definition) is 5. The summed E-state index contributed by atoms with van der Waals surface area (Å²) in [6.07, 6.45) is 5.36. The monoisotopic (exact) mass is 300 g/mol. The van der Waals surface area contributed by atoms with Crippen LogP contribution < -0.4 is 0 Å². The van der Waals surface area contributed by atoms with Crippen molar-refractivity contribution in [3.8, 4) is 0 Å². The van der Waals surface area contributed by atoms with Crippen LogP contribution in [0.3, 0.4) is 0 Å². The highest BCUT2D eigenvalue weighted by molar-refractivity contribution is 7.92. The molecular weight excluding hydrogens is 284 g/mol. The van der Waals surface area contributed by atoms with Gasteiger partial charge >= 0.3 is 0 Å². The third-order valence-corrected chi connectivity index (χ3v) is 6.72. The second kappa shape index (κ2) is 4.88. The fourth-order valence-electron chi connectivity index (χ4n) is 2.63. The summed E-state index contributed by atoms with van der Waals surface area (Å²) in [5.41, 5.74) is 0.750. The number of thiazole rings is 1. The molecule has 0 aliphatic carbocycles. The number of imidazole rings is 1. The van der Waals surface area contributed by atoms with Gasteiger partial charge in [-0.15, -0.1) is 11.3 Å². The molecule has 2 atom stereocenters. The molecule has 104 valence electrons. The highest BCUT2D eigenvalue weighted by atomic mass is 32.2. The predicted molar refractivity (Wildman–Crippen MR) is 74.2 cm³/mol. The van der Waals surface area contributed by atoms with Crippen molar-refractivity contribution in [1.29, 1.82) is 0 Å². The molecule has 1 fully saturated rings. The van der Waals surface area contributed by atoms with Gasteiger partial charge < -0.3 is 5.11 Å². The summed E-state index contributed by atoms with van der Waals surface area (Å²) >= 11 is 1.52. The number of aliphatic hydroxyl groups excluding tert-OH is 1. The second-order valence-corrected chi connectivity index (χ2v) is 8.21. The fourth-order valence-corrected chi connectivity index (χ4v) is 5.36. The molecule has 19 heavy (non-hydrogen) atoms. The van der Waals surface area contributed by atoms with Gasteiger partial charge in [-0.2, -0.15) is 0 Å². The highest BCUT2D eigenvalue weighted by Gasteiger charge is 2.34. The van der Waals surface area contributed by atoms with Crippen LogP contribution in [0.4, 0.5) is 0 Å². The van der Waals surface area contributed by atoms with E-state index in [4.69, 9.17) is 0 Å². The summed E-state index contributed by atoms with van der Waals surface area (Å²) in [7, 11) is -3.14. The Labute approximate surface area is 115 Å². The Morgan fingerprint density at radius 3 is 3.11 bits per heavy atom. The summed E-state index contributed by atoms with van der Waals surface area (Å²) < 4.78 is 25.8. The van der Waals surface area contributed by atoms with E-state index in [1.54, 1.807) is 0 Å². The summed E-state index contributed by atoms with van der Waals surface area (Å²) in [5, 5.41) is 11.5. The Balaban J connectivity index is 1.77. The quantitative estimate of drug-likeness (QED) is 0.926. The Morgan fingerprint density at radius 2 is 2.37 bits per heavy atom. The van der Waals surface area contributed by atoms with Crippen molar-refractivity contribution in [2.75, 3.05) is 5.75 Å². The number of sulfone groups is 1. The standard InChI is InChI=1S/C12H16N2O3S2/c15-10(11-3-1-2-6-19(11,16)17)7-9-8-14-4-5-18-12(14)13-9/h4-5,8,10-11,15H,1-3,6-7H2. The average Bonchev–Trinajstić information content (AvgIpc) is 2.88. The largest absolute Gasteiger partial charge is 0.391 e. The zero-order chi connectivity index (χ0) is 13.5. The van der Waals surface area contributed by atoms with E-state index in [-0.39, 0.29) is 5.75 Å². The maximum Gasteiger partial charge on any atom is 0.193 e. The molecule has 0 aromatic carbocycles. The van der Waals surface area contributed by atoms with Crippen LogP contribution in [0.15, 0.2) is 17.8 Å². The number of nitrogens with zero attached hydrogens (tertiary/aromatic N) is 2. The van der Waals surface area contributed by atoms with Crippen LogP contribution in [0.1, 0.15) is 25.0 Å². The van der Waals surface area contributed by atoms with Crippen molar-refractivity contribution >= 4 is 26.1 Å². The van der Waals surface area contributed by atoms with Gasteiger partial charge in [0.2, 0.25) is 0 Å². The molecule has 1 aliphatic heterocycles. The predicted octanol–water partition coefficient (Wildman–Crippen LogP) is 1.27. The summed E-state index contributed by atoms with van der Waals surface area (Å²) in [6, 6.07) is 0. The molecule has 0 amide bonds. The lowest BCUT2D eigenvalue weighted by Gasteiger charge is -2.26. The molecule has 0 radical (unpaired) electrons. The molecule has 3 heterocycles. The zero-order valence-corrected chi connectivity index (χ0v) is 12.0. The Hall–Kier alpha value is -0.920. The topological polar surface area (TPSA) is 71.7 Å². The van der Waals surface area contributed by atoms with E-state index in [2.05, 4.69) is 4.98 Å². The number of hydrogen-bond donors (Lipinski definition) is 1. The summed E-state index contributed by atoms with van der Waals surface area (Å²) in [4.78, 5) is 5.25. The molecule has 2 aromatic heterocycles. The first kappa shape index (κ1) is 13.1. The molecule has 7 heteroatoms. The van der Waals surface area contributed by atoms with Crippen molar-refractivity contribution in [3.63, 3.8) is 0 Å². The molecule has 0 saturated carbocycles. The van der Waals surface area contributed by atoms with E-state index in [1.165, 1.54) is 11.3 Å². The average molecular weight is 300 g/mol. The number of aliphatic hydroxyl groups is 1. The third-order valence-electron chi connectivity index (χ3n) is 3.62. The fraction of sp³-hybridized carbons (Fsp3) is 0.583. The van der Waals surface area contributed by atoms with Gasteiger partial charge in [0.25, 0.3) is 0 Å². The van der Waals surface area contributed by atoms with E-state index in [0.29, 0.717) is 19.3 Å². The summed E-state index contributed by atoms with van der Waals surface area (Å²) in [5.74, 6) is 0.201. The van der Waals surface area contributed by atoms with Crippen molar-refractivity contribution in [2.45, 2.75) is 37.0 Å². The van der Waals surface area contributed by atoms with Crippen LogP contribution in [0.5, 0.6) is 0 Å². The first-order valence-corrected chi connectivity index (χ1v) is 8.96. The lowest BCUT2D eigenvalue weighted by molar-refractivity contribution is 0.161. The van der Waals surface area contributed by atoms with E-state index >= 15 is 0 Å². The lowest BCUT2D eigenvalue weighted by atomic mass is 10.1. The number of aromatic nitrogens is 2. The van der Waals surface area contributed by atoms with E-state index in [9.17, 15) is 13.5 Å². The van der Waals surface area contributed by atoms with E-state index in [1.807, 2.05) is 22.2 Å². The minimum atomic E-state index is -3.14. The second-order valence-electron chi connectivity index (χ2n) is 5.00. The van der Waals surface area contributed by atoms with Crippen molar-refractivity contribution < 1.29 is 13.5 Å². The molecule has 1 N–H and O–H groups in total. The molecule has 1 saturated heterocycles. The van der Waals surface area contributed by atoms with Gasteiger partial charge in [-0.3, -0.25) is 4.40 Å². The van der Waals surface area contributed by atoms with Crippen molar-refractivity contribution in [1.82, 2.24) is 9.38 Å². The molecule has 0 spiro atoms. The number of rotatable bonds is 3. The van der Waals surface area contributed by atoms with Crippen LogP contribution in [0.2, 0.25) is 0 Å². The minimum absolute atomic E-state index is 0.201. The SMILES string of the molecule is O=S1(=O)CCCCC1C(O)Cc1cn2ccsc2n1. The maximum atomic E-state index is 12.0. The normalized spacial score (nSPS) is 24.6. The highest BCUT2D eigenvalue weighted by Crippen LogP contribution is 2.24. The Kier molecular flexibility index (Phi) is 3.36. The van der Waals surface area contributed by atoms with Gasteiger partial charge in [0.1, 0.15) is 0 Å². The van der Waals surface area contributed by atoms with Gasteiger partial charge in [0, 0.05) is 24.2 Å². The first-order valence-electron chi connectivity index (χ1n) is 6.37. The van der Waals surface area contributed by atoms with Crippen molar-refractivity contribution in [3.05, 3.63) is 23.5 Å². The molecular formula is C12H16N2O3S2. The van der Waals surface area contributed by atoms with Crippen LogP contribution in [-0.4, -0.2) is 40.0 Å². The molecule has 3 rings (SSSR count). The minimum Gasteiger partial charge on any atom is -0.391 e. The van der Waals surface area contributed by atoms with E-state index in [0.717, 1.165) is 17.1 Å². The number of fused-ring (bicyclic) bond motifs is 1. The van der Waals surface area contributed by atoms with Crippen LogP contribution in [-0.2, 0) is 16.3 Å². The molecule has 2 unspecified atom stereocenters. The van der Waals surface area contributed by atoms with E-state index < -0.39 is 21.2 Å².